The van der Waals surface area contributed by atoms with Gasteiger partial charge in [0.2, 0.25) is 0 Å². The van der Waals surface area contributed by atoms with E-state index in [1.807, 2.05) is 4.68 Å². The molecular formula is C12H23N5. The van der Waals surface area contributed by atoms with Gasteiger partial charge in [-0.25, -0.2) is 9.67 Å². The highest BCUT2D eigenvalue weighted by atomic mass is 15.3. The number of rotatable bonds is 5. The van der Waals surface area contributed by atoms with Crippen molar-refractivity contribution in [2.45, 2.75) is 51.7 Å². The van der Waals surface area contributed by atoms with Gasteiger partial charge < -0.3 is 5.73 Å². The van der Waals surface area contributed by atoms with Crippen molar-refractivity contribution in [3.05, 3.63) is 12.2 Å². The first-order valence-electron chi connectivity index (χ1n) is 6.66. The Morgan fingerprint density at radius 2 is 2.35 bits per heavy atom. The second-order valence-corrected chi connectivity index (χ2v) is 4.76. The van der Waals surface area contributed by atoms with Crippen LogP contribution in [0, 0.1) is 0 Å². The van der Waals surface area contributed by atoms with Gasteiger partial charge in [0, 0.05) is 19.1 Å². The zero-order valence-electron chi connectivity index (χ0n) is 10.7. The van der Waals surface area contributed by atoms with E-state index in [-0.39, 0.29) is 0 Å². The van der Waals surface area contributed by atoms with Gasteiger partial charge in [0.1, 0.15) is 12.2 Å². The highest BCUT2D eigenvalue weighted by molar-refractivity contribution is 4.88. The molecule has 0 amide bonds. The van der Waals surface area contributed by atoms with Crippen LogP contribution >= 0.6 is 0 Å². The third kappa shape index (κ3) is 3.04. The molecule has 5 heteroatoms. The summed E-state index contributed by atoms with van der Waals surface area (Å²) in [5.41, 5.74) is 5.83. The summed E-state index contributed by atoms with van der Waals surface area (Å²) in [5.74, 6) is 1.08. The lowest BCUT2D eigenvalue weighted by Gasteiger charge is -2.34. The lowest BCUT2D eigenvalue weighted by Crippen LogP contribution is -2.43. The summed E-state index contributed by atoms with van der Waals surface area (Å²) >= 11 is 0. The average Bonchev–Trinajstić information content (AvgIpc) is 2.78. The molecule has 5 nitrogen and oxygen atoms in total. The monoisotopic (exact) mass is 237 g/mol. The van der Waals surface area contributed by atoms with Crippen molar-refractivity contribution < 1.29 is 0 Å². The van der Waals surface area contributed by atoms with Crippen LogP contribution in [0.2, 0.25) is 0 Å². The summed E-state index contributed by atoms with van der Waals surface area (Å²) in [6, 6.07) is 0.524. The lowest BCUT2D eigenvalue weighted by atomic mass is 10.0. The first-order valence-corrected chi connectivity index (χ1v) is 6.66. The maximum Gasteiger partial charge on any atom is 0.141 e. The normalized spacial score (nSPS) is 21.9. The minimum atomic E-state index is 0.524. The molecule has 2 heterocycles. The molecule has 0 aromatic carbocycles. The molecule has 96 valence electrons. The highest BCUT2D eigenvalue weighted by Gasteiger charge is 2.22. The van der Waals surface area contributed by atoms with Crippen molar-refractivity contribution in [1.29, 1.82) is 0 Å². The van der Waals surface area contributed by atoms with Crippen LogP contribution in [0.3, 0.4) is 0 Å². The molecule has 1 aromatic heterocycles. The van der Waals surface area contributed by atoms with Gasteiger partial charge in [-0.3, -0.25) is 4.90 Å². The van der Waals surface area contributed by atoms with E-state index in [2.05, 4.69) is 21.9 Å². The van der Waals surface area contributed by atoms with Crippen LogP contribution in [0.15, 0.2) is 6.33 Å². The summed E-state index contributed by atoms with van der Waals surface area (Å²) in [4.78, 5) is 6.83. The van der Waals surface area contributed by atoms with Crippen molar-refractivity contribution in [3.8, 4) is 0 Å². The van der Waals surface area contributed by atoms with E-state index in [9.17, 15) is 0 Å². The van der Waals surface area contributed by atoms with Gasteiger partial charge in [0.25, 0.3) is 0 Å². The third-order valence-corrected chi connectivity index (χ3v) is 3.50. The number of nitrogens with zero attached hydrogens (tertiary/aromatic N) is 4. The second-order valence-electron chi connectivity index (χ2n) is 4.76. The lowest BCUT2D eigenvalue weighted by molar-refractivity contribution is 0.139. The minimum absolute atomic E-state index is 0.524. The molecule has 0 aliphatic carbocycles. The van der Waals surface area contributed by atoms with Crippen molar-refractivity contribution in [2.24, 2.45) is 5.73 Å². The number of piperidine rings is 1. The molecule has 1 atom stereocenters. The average molecular weight is 237 g/mol. The van der Waals surface area contributed by atoms with Gasteiger partial charge in [0.15, 0.2) is 0 Å². The van der Waals surface area contributed by atoms with Crippen LogP contribution in [0.25, 0.3) is 0 Å². The molecule has 17 heavy (non-hydrogen) atoms. The van der Waals surface area contributed by atoms with Gasteiger partial charge in [-0.05, 0) is 25.8 Å². The summed E-state index contributed by atoms with van der Waals surface area (Å²) in [5, 5.41) is 4.27. The maximum atomic E-state index is 5.83. The van der Waals surface area contributed by atoms with Crippen LogP contribution in [0.4, 0.5) is 0 Å². The van der Waals surface area contributed by atoms with E-state index >= 15 is 0 Å². The molecule has 1 aliphatic rings. The summed E-state index contributed by atoms with van der Waals surface area (Å²) in [7, 11) is 0. The first kappa shape index (κ1) is 12.5. The van der Waals surface area contributed by atoms with Crippen LogP contribution in [0.1, 0.15) is 38.4 Å². The Labute approximate surface area is 103 Å². The first-order chi connectivity index (χ1) is 8.35. The predicted octanol–water partition coefficient (Wildman–Crippen LogP) is 1.00. The number of aryl methyl sites for hydroxylation is 1. The zero-order valence-corrected chi connectivity index (χ0v) is 10.7. The van der Waals surface area contributed by atoms with Crippen molar-refractivity contribution in [1.82, 2.24) is 19.7 Å². The van der Waals surface area contributed by atoms with Gasteiger partial charge >= 0.3 is 0 Å². The van der Waals surface area contributed by atoms with Gasteiger partial charge in [-0.1, -0.05) is 13.3 Å². The molecule has 0 saturated carbocycles. The van der Waals surface area contributed by atoms with Crippen LogP contribution < -0.4 is 5.73 Å². The number of hydrogen-bond donors (Lipinski definition) is 1. The minimum Gasteiger partial charge on any atom is -0.329 e. The molecule has 2 rings (SSSR count). The van der Waals surface area contributed by atoms with Gasteiger partial charge in [0.05, 0.1) is 6.54 Å². The third-order valence-electron chi connectivity index (χ3n) is 3.50. The van der Waals surface area contributed by atoms with E-state index in [4.69, 9.17) is 5.73 Å². The van der Waals surface area contributed by atoms with E-state index in [0.717, 1.165) is 38.4 Å². The maximum absolute atomic E-state index is 5.83. The van der Waals surface area contributed by atoms with Crippen LogP contribution in [-0.4, -0.2) is 38.8 Å². The van der Waals surface area contributed by atoms with E-state index in [0.29, 0.717) is 6.04 Å². The molecule has 0 bridgehead atoms. The second kappa shape index (κ2) is 6.12. The van der Waals surface area contributed by atoms with Crippen molar-refractivity contribution in [2.75, 3.05) is 13.1 Å². The molecule has 1 unspecified atom stereocenters. The zero-order chi connectivity index (χ0) is 12.1. The Balaban J connectivity index is 2.00. The molecule has 1 aromatic rings. The van der Waals surface area contributed by atoms with Crippen LogP contribution in [-0.2, 0) is 13.1 Å². The molecule has 2 N–H and O–H groups in total. The quantitative estimate of drug-likeness (QED) is 0.830. The fraction of sp³-hybridized carbons (Fsp3) is 0.833. The predicted molar refractivity (Wildman–Crippen MR) is 67.4 cm³/mol. The summed E-state index contributed by atoms with van der Waals surface area (Å²) < 4.78 is 2.02. The number of aromatic nitrogens is 3. The van der Waals surface area contributed by atoms with E-state index in [1.165, 1.54) is 19.3 Å². The Morgan fingerprint density at radius 3 is 3.12 bits per heavy atom. The van der Waals surface area contributed by atoms with Gasteiger partial charge in [-0.2, -0.15) is 5.10 Å². The molecular weight excluding hydrogens is 214 g/mol. The van der Waals surface area contributed by atoms with Crippen LogP contribution in [0.5, 0.6) is 0 Å². The Bertz CT molecular complexity index is 335. The molecule has 0 spiro atoms. The SMILES string of the molecule is CCCn1ncnc1CN1CCCCC1CN. The smallest absolute Gasteiger partial charge is 0.141 e. The number of nitrogens with two attached hydrogens (primary N) is 1. The molecule has 0 radical (unpaired) electrons. The molecule has 1 saturated heterocycles. The topological polar surface area (TPSA) is 60.0 Å². The number of hydrogen-bond acceptors (Lipinski definition) is 4. The fourth-order valence-electron chi connectivity index (χ4n) is 2.53. The van der Waals surface area contributed by atoms with Gasteiger partial charge in [-0.15, -0.1) is 0 Å². The summed E-state index contributed by atoms with van der Waals surface area (Å²) in [6.45, 7) is 5.90. The van der Waals surface area contributed by atoms with E-state index in [1.54, 1.807) is 6.33 Å². The van der Waals surface area contributed by atoms with E-state index < -0.39 is 0 Å². The Morgan fingerprint density at radius 1 is 1.47 bits per heavy atom. The summed E-state index contributed by atoms with van der Waals surface area (Å²) in [6.07, 6.45) is 6.56. The van der Waals surface area contributed by atoms with Crippen molar-refractivity contribution >= 4 is 0 Å². The van der Waals surface area contributed by atoms with Crippen molar-refractivity contribution in [3.63, 3.8) is 0 Å². The largest absolute Gasteiger partial charge is 0.329 e. The Hall–Kier alpha value is -0.940. The fourth-order valence-corrected chi connectivity index (χ4v) is 2.53. The Kier molecular flexibility index (Phi) is 4.50. The number of likely N-dealkylation sites (tertiary alicyclic amines) is 1. The highest BCUT2D eigenvalue weighted by Crippen LogP contribution is 2.18. The molecule has 1 fully saturated rings. The standard InChI is InChI=1S/C12H23N5/c1-2-6-17-12(14-10-15-17)9-16-7-4-3-5-11(16)8-13/h10-11H,2-9,13H2,1H3. The molecule has 1 aliphatic heterocycles.